The Morgan fingerprint density at radius 1 is 0.804 bits per heavy atom. The molecule has 8 heteroatoms. The lowest BCUT2D eigenvalue weighted by Crippen LogP contribution is -2.55. The van der Waals surface area contributed by atoms with Crippen molar-refractivity contribution in [1.29, 1.82) is 0 Å². The number of fused-ring (bicyclic) bond motifs is 3. The minimum atomic E-state index is -1.13. The molecular weight excluding hydrogens is 580 g/mol. The van der Waals surface area contributed by atoms with Crippen molar-refractivity contribution in [2.75, 3.05) is 26.9 Å². The van der Waals surface area contributed by atoms with Crippen molar-refractivity contribution in [3.63, 3.8) is 0 Å². The number of hydrogen-bond acceptors (Lipinski definition) is 6. The standard InChI is InChI=1S/C38H38N2O6/c1-3-22-45-37(42)35(23-27-14-6-4-7-15-27)40(2)36(41)34(26-44-24-28-16-8-5-9-17-28)39-38(43)46-25-33-31-20-12-10-18-29(31)30-19-11-13-21-32(30)33/h3-21,33-35H,1,22-26H2,2H3,(H,39,43)/t34-,35-/m0/s1. The molecule has 0 saturated carbocycles. The Morgan fingerprint density at radius 2 is 1.37 bits per heavy atom. The third kappa shape index (κ3) is 7.89. The molecule has 0 saturated heterocycles. The summed E-state index contributed by atoms with van der Waals surface area (Å²) in [6.45, 7) is 3.80. The topological polar surface area (TPSA) is 94.2 Å². The number of amides is 2. The summed E-state index contributed by atoms with van der Waals surface area (Å²) in [6, 6.07) is 32.9. The van der Waals surface area contributed by atoms with E-state index in [0.29, 0.717) is 0 Å². The van der Waals surface area contributed by atoms with Gasteiger partial charge >= 0.3 is 12.1 Å². The van der Waals surface area contributed by atoms with Crippen LogP contribution in [-0.2, 0) is 36.8 Å². The van der Waals surface area contributed by atoms with E-state index >= 15 is 0 Å². The van der Waals surface area contributed by atoms with Gasteiger partial charge in [-0.3, -0.25) is 4.79 Å². The SMILES string of the molecule is C=CCOC(=O)[C@H](Cc1ccccc1)N(C)C(=O)[C@H](COCc1ccccc1)NC(=O)OCC1c2ccccc2-c2ccccc21. The molecule has 1 N–H and O–H groups in total. The average Bonchev–Trinajstić information content (AvgIpc) is 3.42. The summed E-state index contributed by atoms with van der Waals surface area (Å²) in [5, 5.41) is 2.71. The van der Waals surface area contributed by atoms with E-state index in [9.17, 15) is 14.4 Å². The van der Waals surface area contributed by atoms with Gasteiger partial charge in [-0.2, -0.15) is 0 Å². The summed E-state index contributed by atoms with van der Waals surface area (Å²) < 4.78 is 17.0. The van der Waals surface area contributed by atoms with Crippen LogP contribution in [0.2, 0.25) is 0 Å². The first kappa shape index (κ1) is 32.2. The molecule has 5 rings (SSSR count). The third-order valence-electron chi connectivity index (χ3n) is 8.03. The van der Waals surface area contributed by atoms with Crippen molar-refractivity contribution in [2.45, 2.75) is 31.0 Å². The highest BCUT2D eigenvalue weighted by Crippen LogP contribution is 2.44. The fourth-order valence-electron chi connectivity index (χ4n) is 5.68. The quantitative estimate of drug-likeness (QED) is 0.140. The Kier molecular flexibility index (Phi) is 11.0. The van der Waals surface area contributed by atoms with Crippen LogP contribution in [0.1, 0.15) is 28.2 Å². The van der Waals surface area contributed by atoms with Crippen molar-refractivity contribution in [3.05, 3.63) is 144 Å². The first-order chi connectivity index (χ1) is 22.5. The molecule has 0 bridgehead atoms. The second kappa shape index (κ2) is 15.7. The normalized spacial score (nSPS) is 13.1. The molecule has 0 fully saturated rings. The fourth-order valence-corrected chi connectivity index (χ4v) is 5.68. The summed E-state index contributed by atoms with van der Waals surface area (Å²) in [4.78, 5) is 41.7. The van der Waals surface area contributed by atoms with Gasteiger partial charge in [0.2, 0.25) is 5.91 Å². The van der Waals surface area contributed by atoms with E-state index in [4.69, 9.17) is 14.2 Å². The second-order valence-electron chi connectivity index (χ2n) is 11.1. The Hall–Kier alpha value is -5.21. The molecule has 0 radical (unpaired) electrons. The highest BCUT2D eigenvalue weighted by molar-refractivity contribution is 5.90. The van der Waals surface area contributed by atoms with Gasteiger partial charge in [-0.25, -0.2) is 9.59 Å². The van der Waals surface area contributed by atoms with Gasteiger partial charge < -0.3 is 24.4 Å². The largest absolute Gasteiger partial charge is 0.460 e. The van der Waals surface area contributed by atoms with Crippen molar-refractivity contribution in [1.82, 2.24) is 10.2 Å². The average molecular weight is 619 g/mol. The van der Waals surface area contributed by atoms with Crippen molar-refractivity contribution in [2.24, 2.45) is 0 Å². The lowest BCUT2D eigenvalue weighted by Gasteiger charge is -2.30. The maximum Gasteiger partial charge on any atom is 0.407 e. The Balaban J connectivity index is 1.31. The summed E-state index contributed by atoms with van der Waals surface area (Å²) in [5.41, 5.74) is 6.16. The number of nitrogens with one attached hydrogen (secondary N) is 1. The van der Waals surface area contributed by atoms with Crippen LogP contribution in [0.4, 0.5) is 4.79 Å². The van der Waals surface area contributed by atoms with Crippen LogP contribution in [0.5, 0.6) is 0 Å². The summed E-state index contributed by atoms with van der Waals surface area (Å²) in [6.07, 6.45) is 0.936. The van der Waals surface area contributed by atoms with Crippen LogP contribution in [0.3, 0.4) is 0 Å². The Bertz CT molecular complexity index is 1600. The van der Waals surface area contributed by atoms with Gasteiger partial charge in [-0.05, 0) is 33.4 Å². The van der Waals surface area contributed by atoms with Gasteiger partial charge in [0.05, 0.1) is 13.2 Å². The molecule has 0 aliphatic heterocycles. The number of carbonyl (C=O) groups excluding carboxylic acids is 3. The zero-order valence-corrected chi connectivity index (χ0v) is 25.8. The summed E-state index contributed by atoms with van der Waals surface area (Å²) >= 11 is 0. The number of likely N-dealkylation sites (N-methyl/N-ethyl adjacent to an activating group) is 1. The number of benzene rings is 4. The first-order valence-corrected chi connectivity index (χ1v) is 15.3. The van der Waals surface area contributed by atoms with Gasteiger partial charge in [0, 0.05) is 19.4 Å². The Labute approximate surface area is 269 Å². The monoisotopic (exact) mass is 618 g/mol. The highest BCUT2D eigenvalue weighted by Gasteiger charge is 2.34. The van der Waals surface area contributed by atoms with Gasteiger partial charge in [0.15, 0.2) is 0 Å². The van der Waals surface area contributed by atoms with Gasteiger partial charge in [-0.1, -0.05) is 122 Å². The van der Waals surface area contributed by atoms with E-state index in [1.54, 1.807) is 0 Å². The number of alkyl carbamates (subject to hydrolysis) is 1. The molecule has 46 heavy (non-hydrogen) atoms. The number of carbonyl (C=O) groups is 3. The van der Waals surface area contributed by atoms with E-state index in [2.05, 4.69) is 24.0 Å². The van der Waals surface area contributed by atoms with Crippen LogP contribution in [0.25, 0.3) is 11.1 Å². The van der Waals surface area contributed by atoms with Gasteiger partial charge in [0.25, 0.3) is 0 Å². The van der Waals surface area contributed by atoms with E-state index in [-0.39, 0.29) is 38.8 Å². The lowest BCUT2D eigenvalue weighted by molar-refractivity contribution is -0.154. The summed E-state index contributed by atoms with van der Waals surface area (Å²) in [7, 11) is 1.52. The number of nitrogens with zero attached hydrogens (tertiary/aromatic N) is 1. The van der Waals surface area contributed by atoms with Gasteiger partial charge in [0.1, 0.15) is 25.3 Å². The zero-order chi connectivity index (χ0) is 32.3. The van der Waals surface area contributed by atoms with Crippen molar-refractivity contribution >= 4 is 18.0 Å². The predicted octanol–water partition coefficient (Wildman–Crippen LogP) is 5.91. The van der Waals surface area contributed by atoms with E-state index in [1.165, 1.54) is 18.0 Å². The van der Waals surface area contributed by atoms with Crippen LogP contribution in [-0.4, -0.2) is 61.8 Å². The van der Waals surface area contributed by atoms with Crippen LogP contribution in [0.15, 0.2) is 122 Å². The molecule has 0 unspecified atom stereocenters. The molecule has 1 aliphatic carbocycles. The van der Waals surface area contributed by atoms with E-state index in [0.717, 1.165) is 33.4 Å². The predicted molar refractivity (Wildman–Crippen MR) is 176 cm³/mol. The molecule has 2 amide bonds. The van der Waals surface area contributed by atoms with Crippen LogP contribution in [0, 0.1) is 0 Å². The Morgan fingerprint density at radius 3 is 1.98 bits per heavy atom. The third-order valence-corrected chi connectivity index (χ3v) is 8.03. The molecule has 1 aliphatic rings. The molecule has 236 valence electrons. The number of rotatable bonds is 14. The molecular formula is C38H38N2O6. The molecule has 0 spiro atoms. The maximum absolute atomic E-state index is 14.0. The van der Waals surface area contributed by atoms with E-state index in [1.807, 2.05) is 97.1 Å². The minimum absolute atomic E-state index is 0.00771. The lowest BCUT2D eigenvalue weighted by atomic mass is 9.98. The minimum Gasteiger partial charge on any atom is -0.460 e. The zero-order valence-electron chi connectivity index (χ0n) is 25.8. The molecule has 4 aromatic rings. The number of ether oxygens (including phenoxy) is 3. The number of hydrogen-bond donors (Lipinski definition) is 1. The van der Waals surface area contributed by atoms with Crippen LogP contribution < -0.4 is 5.32 Å². The number of esters is 1. The van der Waals surface area contributed by atoms with Crippen molar-refractivity contribution < 1.29 is 28.6 Å². The molecule has 0 heterocycles. The van der Waals surface area contributed by atoms with Crippen molar-refractivity contribution in [3.8, 4) is 11.1 Å². The molecule has 2 atom stereocenters. The summed E-state index contributed by atoms with van der Waals surface area (Å²) in [5.74, 6) is -1.23. The first-order valence-electron chi connectivity index (χ1n) is 15.3. The molecule has 8 nitrogen and oxygen atoms in total. The fraction of sp³-hybridized carbons (Fsp3) is 0.237. The maximum atomic E-state index is 14.0. The molecule has 0 aromatic heterocycles. The van der Waals surface area contributed by atoms with Gasteiger partial charge in [-0.15, -0.1) is 0 Å². The highest BCUT2D eigenvalue weighted by atomic mass is 16.6. The van der Waals surface area contributed by atoms with E-state index < -0.39 is 30.1 Å². The van der Waals surface area contributed by atoms with Crippen LogP contribution >= 0.6 is 0 Å². The molecule has 4 aromatic carbocycles. The smallest absolute Gasteiger partial charge is 0.407 e. The second-order valence-corrected chi connectivity index (χ2v) is 11.1.